The SMILES string of the molecule is N[C@@H](Cc1cc(Br)c(Oc2ccc(O)c(Cc3ccc(=O)[nH]c3)c2)c(Br)c1)C(=O)O. The summed E-state index contributed by atoms with van der Waals surface area (Å²) in [6.45, 7) is 0. The van der Waals surface area contributed by atoms with Crippen LogP contribution in [0.3, 0.4) is 0 Å². The van der Waals surface area contributed by atoms with Crippen molar-refractivity contribution in [2.75, 3.05) is 0 Å². The van der Waals surface area contributed by atoms with Crippen molar-refractivity contribution < 1.29 is 19.7 Å². The van der Waals surface area contributed by atoms with E-state index in [0.29, 0.717) is 32.4 Å². The predicted octanol–water partition coefficient (Wildman–Crippen LogP) is 3.94. The van der Waals surface area contributed by atoms with Gasteiger partial charge in [-0.3, -0.25) is 9.59 Å². The Balaban J connectivity index is 1.83. The smallest absolute Gasteiger partial charge is 0.320 e. The van der Waals surface area contributed by atoms with Gasteiger partial charge in [-0.2, -0.15) is 0 Å². The molecule has 3 rings (SSSR count). The molecule has 0 bridgehead atoms. The minimum Gasteiger partial charge on any atom is -0.508 e. The first-order chi connectivity index (χ1) is 14.2. The van der Waals surface area contributed by atoms with Gasteiger partial charge in [-0.15, -0.1) is 0 Å². The van der Waals surface area contributed by atoms with Crippen LogP contribution in [0.4, 0.5) is 0 Å². The van der Waals surface area contributed by atoms with Gasteiger partial charge >= 0.3 is 5.97 Å². The van der Waals surface area contributed by atoms with Crippen molar-refractivity contribution >= 4 is 37.8 Å². The monoisotopic (exact) mass is 536 g/mol. The summed E-state index contributed by atoms with van der Waals surface area (Å²) in [5, 5.41) is 19.2. The molecule has 0 aliphatic carbocycles. The van der Waals surface area contributed by atoms with Crippen molar-refractivity contribution in [2.45, 2.75) is 18.9 Å². The van der Waals surface area contributed by atoms with E-state index in [-0.39, 0.29) is 17.7 Å². The van der Waals surface area contributed by atoms with Crippen LogP contribution < -0.4 is 16.0 Å². The highest BCUT2D eigenvalue weighted by Crippen LogP contribution is 2.39. The lowest BCUT2D eigenvalue weighted by molar-refractivity contribution is -0.138. The molecule has 30 heavy (non-hydrogen) atoms. The van der Waals surface area contributed by atoms with E-state index in [4.69, 9.17) is 15.6 Å². The number of carboxylic acid groups (broad SMARTS) is 1. The Hall–Kier alpha value is -2.62. The number of aromatic hydroxyl groups is 1. The highest BCUT2D eigenvalue weighted by molar-refractivity contribution is 9.11. The molecule has 0 spiro atoms. The third kappa shape index (κ3) is 5.50. The Kier molecular flexibility index (Phi) is 6.96. The Morgan fingerprint density at radius 3 is 2.40 bits per heavy atom. The van der Waals surface area contributed by atoms with E-state index in [0.717, 1.165) is 11.1 Å². The number of aromatic amines is 1. The molecule has 0 radical (unpaired) electrons. The lowest BCUT2D eigenvalue weighted by atomic mass is 10.1. The minimum absolute atomic E-state index is 0.115. The second kappa shape index (κ2) is 9.46. The van der Waals surface area contributed by atoms with E-state index >= 15 is 0 Å². The maximum absolute atomic E-state index is 11.2. The third-order valence-corrected chi connectivity index (χ3v) is 5.52. The predicted molar refractivity (Wildman–Crippen MR) is 119 cm³/mol. The van der Waals surface area contributed by atoms with E-state index in [1.54, 1.807) is 42.6 Å². The van der Waals surface area contributed by atoms with Crippen LogP contribution in [-0.2, 0) is 17.6 Å². The number of hydrogen-bond donors (Lipinski definition) is 4. The molecule has 3 aromatic rings. The normalized spacial score (nSPS) is 11.8. The summed E-state index contributed by atoms with van der Waals surface area (Å²) in [6, 6.07) is 10.5. The number of benzene rings is 2. The zero-order valence-corrected chi connectivity index (χ0v) is 18.7. The van der Waals surface area contributed by atoms with Gasteiger partial charge in [-0.05, 0) is 79.7 Å². The number of pyridine rings is 1. The summed E-state index contributed by atoms with van der Waals surface area (Å²) >= 11 is 6.90. The minimum atomic E-state index is -1.07. The average molecular weight is 538 g/mol. The molecule has 0 fully saturated rings. The third-order valence-electron chi connectivity index (χ3n) is 4.34. The van der Waals surface area contributed by atoms with Crippen LogP contribution in [0.5, 0.6) is 17.2 Å². The Morgan fingerprint density at radius 2 is 1.80 bits per heavy atom. The molecule has 0 saturated carbocycles. The fourth-order valence-corrected chi connectivity index (χ4v) is 4.27. The highest BCUT2D eigenvalue weighted by atomic mass is 79.9. The van der Waals surface area contributed by atoms with Gasteiger partial charge in [0.25, 0.3) is 0 Å². The van der Waals surface area contributed by atoms with Crippen molar-refractivity contribution in [2.24, 2.45) is 5.73 Å². The van der Waals surface area contributed by atoms with Gasteiger partial charge in [0.05, 0.1) is 8.95 Å². The molecular weight excluding hydrogens is 520 g/mol. The fraction of sp³-hybridized carbons (Fsp3) is 0.143. The summed E-state index contributed by atoms with van der Waals surface area (Å²) in [5.74, 6) is 0.0540. The fourth-order valence-electron chi connectivity index (χ4n) is 2.83. The molecule has 1 heterocycles. The number of aromatic nitrogens is 1. The first kappa shape index (κ1) is 22.1. The second-order valence-corrected chi connectivity index (χ2v) is 8.38. The zero-order valence-electron chi connectivity index (χ0n) is 15.6. The van der Waals surface area contributed by atoms with Crippen molar-refractivity contribution in [3.05, 3.63) is 84.7 Å². The Bertz CT molecular complexity index is 1100. The quantitative estimate of drug-likeness (QED) is 0.361. The molecule has 0 amide bonds. The van der Waals surface area contributed by atoms with Crippen LogP contribution in [0.25, 0.3) is 0 Å². The van der Waals surface area contributed by atoms with Gasteiger partial charge in [-0.25, -0.2) is 0 Å². The lowest BCUT2D eigenvalue weighted by Gasteiger charge is -2.14. The molecule has 156 valence electrons. The number of carboxylic acids is 1. The number of carbonyl (C=O) groups is 1. The highest BCUT2D eigenvalue weighted by Gasteiger charge is 2.16. The van der Waals surface area contributed by atoms with Crippen LogP contribution in [-0.4, -0.2) is 27.2 Å². The molecule has 2 aromatic carbocycles. The van der Waals surface area contributed by atoms with E-state index in [1.165, 1.54) is 6.07 Å². The van der Waals surface area contributed by atoms with Crippen LogP contribution in [0, 0.1) is 0 Å². The summed E-state index contributed by atoms with van der Waals surface area (Å²) in [7, 11) is 0. The number of hydrogen-bond acceptors (Lipinski definition) is 5. The van der Waals surface area contributed by atoms with Crippen LogP contribution in [0.1, 0.15) is 16.7 Å². The molecule has 0 aliphatic heterocycles. The largest absolute Gasteiger partial charge is 0.508 e. The van der Waals surface area contributed by atoms with Gasteiger partial charge in [-0.1, -0.05) is 6.07 Å². The summed E-state index contributed by atoms with van der Waals surface area (Å²) in [4.78, 5) is 24.8. The number of ether oxygens (including phenoxy) is 1. The molecule has 1 atom stereocenters. The average Bonchev–Trinajstić information content (AvgIpc) is 2.68. The number of halogens is 2. The summed E-state index contributed by atoms with van der Waals surface area (Å²) in [6.07, 6.45) is 2.19. The van der Waals surface area contributed by atoms with Crippen molar-refractivity contribution in [3.63, 3.8) is 0 Å². The maximum atomic E-state index is 11.2. The molecule has 9 heteroatoms. The number of aliphatic carboxylic acids is 1. The van der Waals surface area contributed by atoms with Gasteiger partial charge in [0, 0.05) is 24.2 Å². The molecular formula is C21H18Br2N2O5. The number of nitrogens with two attached hydrogens (primary N) is 1. The van der Waals surface area contributed by atoms with Crippen LogP contribution >= 0.6 is 31.9 Å². The maximum Gasteiger partial charge on any atom is 0.320 e. The molecule has 5 N–H and O–H groups in total. The van der Waals surface area contributed by atoms with Gasteiger partial charge in [0.1, 0.15) is 17.5 Å². The van der Waals surface area contributed by atoms with Crippen molar-refractivity contribution in [3.8, 4) is 17.2 Å². The first-order valence-electron chi connectivity index (χ1n) is 8.86. The standard InChI is InChI=1S/C21H18Br2N2O5/c22-15-6-12(8-17(24)21(28)29)7-16(23)20(15)30-14-2-3-18(26)13(9-14)5-11-1-4-19(27)25-10-11/h1-4,6-7,9-10,17,26H,5,8,24H2,(H,25,27)(H,28,29)/t17-/m0/s1. The van der Waals surface area contributed by atoms with E-state index in [9.17, 15) is 14.7 Å². The number of phenols is 1. The Morgan fingerprint density at radius 1 is 1.10 bits per heavy atom. The topological polar surface area (TPSA) is 126 Å². The van der Waals surface area contributed by atoms with Crippen molar-refractivity contribution in [1.29, 1.82) is 0 Å². The lowest BCUT2D eigenvalue weighted by Crippen LogP contribution is -2.32. The zero-order chi connectivity index (χ0) is 21.8. The van der Waals surface area contributed by atoms with E-state index in [2.05, 4.69) is 36.8 Å². The van der Waals surface area contributed by atoms with Crippen molar-refractivity contribution in [1.82, 2.24) is 4.98 Å². The number of nitrogens with one attached hydrogen (secondary N) is 1. The summed E-state index contributed by atoms with van der Waals surface area (Å²) in [5.41, 5.74) is 7.62. The Labute approximate surface area is 188 Å². The van der Waals surface area contributed by atoms with Gasteiger partial charge in [0.2, 0.25) is 5.56 Å². The molecule has 7 nitrogen and oxygen atoms in total. The van der Waals surface area contributed by atoms with Gasteiger partial charge < -0.3 is 25.7 Å². The first-order valence-corrected chi connectivity index (χ1v) is 10.4. The van der Waals surface area contributed by atoms with Crippen LogP contribution in [0.2, 0.25) is 0 Å². The number of H-pyrrole nitrogens is 1. The van der Waals surface area contributed by atoms with E-state index in [1.807, 2.05) is 0 Å². The number of phenolic OH excluding ortho intramolecular Hbond substituents is 1. The second-order valence-electron chi connectivity index (χ2n) is 6.67. The van der Waals surface area contributed by atoms with E-state index < -0.39 is 12.0 Å². The summed E-state index contributed by atoms with van der Waals surface area (Å²) < 4.78 is 7.24. The molecule has 0 unspecified atom stereocenters. The molecule has 1 aromatic heterocycles. The van der Waals surface area contributed by atoms with Crippen LogP contribution in [0.15, 0.2) is 62.4 Å². The van der Waals surface area contributed by atoms with Gasteiger partial charge in [0.15, 0.2) is 5.75 Å². The number of rotatable bonds is 7. The molecule has 0 aliphatic rings. The molecule has 0 saturated heterocycles.